The zero-order valence-electron chi connectivity index (χ0n) is 10.2. The molecule has 5 heteroatoms. The average Bonchev–Trinajstić information content (AvgIpc) is 2.75. The molecule has 0 atom stereocenters. The first-order chi connectivity index (χ1) is 8.19. The third-order valence-corrected chi connectivity index (χ3v) is 2.23. The fourth-order valence-electron chi connectivity index (χ4n) is 1.51. The Kier molecular flexibility index (Phi) is 5.26. The zero-order valence-corrected chi connectivity index (χ0v) is 10.2. The largest absolute Gasteiger partial charge is 0.465 e. The Labute approximate surface area is 101 Å². The third kappa shape index (κ3) is 3.94. The highest BCUT2D eigenvalue weighted by Crippen LogP contribution is 2.03. The number of aromatic nitrogens is 1. The topological polar surface area (TPSA) is 60.3 Å². The van der Waals surface area contributed by atoms with Crippen molar-refractivity contribution in [2.75, 3.05) is 13.2 Å². The fourth-order valence-corrected chi connectivity index (χ4v) is 1.51. The van der Waals surface area contributed by atoms with Crippen LogP contribution in [0.1, 0.15) is 30.8 Å². The van der Waals surface area contributed by atoms with Gasteiger partial charge in [-0.3, -0.25) is 9.59 Å². The van der Waals surface area contributed by atoms with Crippen LogP contribution in [0, 0.1) is 0 Å². The van der Waals surface area contributed by atoms with Gasteiger partial charge in [-0.15, -0.1) is 0 Å². The highest BCUT2D eigenvalue weighted by Gasteiger charge is 2.11. The monoisotopic (exact) mass is 238 g/mol. The molecule has 1 N–H and O–H groups in total. The molecule has 0 bridgehead atoms. The number of ether oxygens (including phenoxy) is 1. The molecule has 1 amide bonds. The van der Waals surface area contributed by atoms with E-state index in [4.69, 9.17) is 4.74 Å². The van der Waals surface area contributed by atoms with Crippen molar-refractivity contribution in [1.82, 2.24) is 9.88 Å². The maximum absolute atomic E-state index is 11.8. The second kappa shape index (κ2) is 6.73. The standard InChI is InChI=1S/C12H18N2O3/c1-3-7-14-8-5-6-10(14)12(16)13-9-11(15)17-4-2/h5-6,8H,3-4,7,9H2,1-2H3,(H,13,16). The van der Waals surface area contributed by atoms with E-state index in [0.29, 0.717) is 12.3 Å². The summed E-state index contributed by atoms with van der Waals surface area (Å²) in [6.07, 6.45) is 2.80. The van der Waals surface area contributed by atoms with Crippen LogP contribution in [0.25, 0.3) is 0 Å². The maximum Gasteiger partial charge on any atom is 0.325 e. The number of nitrogens with one attached hydrogen (secondary N) is 1. The van der Waals surface area contributed by atoms with Crippen LogP contribution in [-0.4, -0.2) is 29.6 Å². The molecule has 0 unspecified atom stereocenters. The van der Waals surface area contributed by atoms with Crippen molar-refractivity contribution in [3.63, 3.8) is 0 Å². The number of esters is 1. The molecule has 0 spiro atoms. The molecule has 0 saturated heterocycles. The van der Waals surface area contributed by atoms with Crippen molar-refractivity contribution in [3.8, 4) is 0 Å². The summed E-state index contributed by atoms with van der Waals surface area (Å²) < 4.78 is 6.59. The lowest BCUT2D eigenvalue weighted by atomic mass is 10.3. The summed E-state index contributed by atoms with van der Waals surface area (Å²) in [4.78, 5) is 22.9. The smallest absolute Gasteiger partial charge is 0.325 e. The number of carbonyl (C=O) groups excluding carboxylic acids is 2. The van der Waals surface area contributed by atoms with E-state index in [0.717, 1.165) is 13.0 Å². The minimum atomic E-state index is -0.422. The van der Waals surface area contributed by atoms with Gasteiger partial charge in [0.2, 0.25) is 0 Å². The lowest BCUT2D eigenvalue weighted by Crippen LogP contribution is -2.32. The molecule has 1 aromatic rings. The summed E-state index contributed by atoms with van der Waals surface area (Å²) in [7, 11) is 0. The maximum atomic E-state index is 11.8. The average molecular weight is 238 g/mol. The van der Waals surface area contributed by atoms with Crippen molar-refractivity contribution in [2.24, 2.45) is 0 Å². The van der Waals surface area contributed by atoms with Crippen molar-refractivity contribution in [1.29, 1.82) is 0 Å². The molecule has 0 fully saturated rings. The first-order valence-electron chi connectivity index (χ1n) is 5.78. The van der Waals surface area contributed by atoms with Crippen LogP contribution in [0.15, 0.2) is 18.3 Å². The molecule has 0 saturated carbocycles. The summed E-state index contributed by atoms with van der Waals surface area (Å²) >= 11 is 0. The van der Waals surface area contributed by atoms with Gasteiger partial charge in [0.05, 0.1) is 6.61 Å². The normalized spacial score (nSPS) is 10.0. The minimum absolute atomic E-state index is 0.0933. The lowest BCUT2D eigenvalue weighted by molar-refractivity contribution is -0.141. The van der Waals surface area contributed by atoms with Gasteiger partial charge in [-0.1, -0.05) is 6.92 Å². The predicted octanol–water partition coefficient (Wildman–Crippen LogP) is 1.19. The summed E-state index contributed by atoms with van der Waals surface area (Å²) in [5.74, 6) is -0.675. The van der Waals surface area contributed by atoms with E-state index in [9.17, 15) is 9.59 Å². The van der Waals surface area contributed by atoms with E-state index in [-0.39, 0.29) is 12.5 Å². The molecule has 17 heavy (non-hydrogen) atoms. The Morgan fingerprint density at radius 2 is 2.18 bits per heavy atom. The summed E-state index contributed by atoms with van der Waals surface area (Å²) in [6.45, 7) is 4.78. The molecule has 0 aliphatic rings. The molecule has 1 heterocycles. The van der Waals surface area contributed by atoms with Gasteiger partial charge in [0.15, 0.2) is 0 Å². The molecule has 0 aromatic carbocycles. The molecule has 0 aliphatic carbocycles. The van der Waals surface area contributed by atoms with Crippen LogP contribution < -0.4 is 5.32 Å². The highest BCUT2D eigenvalue weighted by molar-refractivity contribution is 5.94. The lowest BCUT2D eigenvalue weighted by Gasteiger charge is -2.08. The number of aryl methyl sites for hydroxylation is 1. The van der Waals surface area contributed by atoms with E-state index in [2.05, 4.69) is 5.32 Å². The van der Waals surface area contributed by atoms with Gasteiger partial charge in [-0.05, 0) is 25.5 Å². The SMILES string of the molecule is CCCn1cccc1C(=O)NCC(=O)OCC. The number of hydrogen-bond donors (Lipinski definition) is 1. The first-order valence-corrected chi connectivity index (χ1v) is 5.78. The van der Waals surface area contributed by atoms with Crippen LogP contribution in [0.3, 0.4) is 0 Å². The second-order valence-corrected chi connectivity index (χ2v) is 3.57. The molecule has 5 nitrogen and oxygen atoms in total. The van der Waals surface area contributed by atoms with Gasteiger partial charge >= 0.3 is 5.97 Å². The highest BCUT2D eigenvalue weighted by atomic mass is 16.5. The van der Waals surface area contributed by atoms with Gasteiger partial charge < -0.3 is 14.6 Å². The number of nitrogens with zero attached hydrogens (tertiary/aromatic N) is 1. The van der Waals surface area contributed by atoms with Crippen LogP contribution in [0.2, 0.25) is 0 Å². The third-order valence-electron chi connectivity index (χ3n) is 2.23. The van der Waals surface area contributed by atoms with Gasteiger partial charge in [0, 0.05) is 12.7 Å². The van der Waals surface area contributed by atoms with Crippen LogP contribution in [0.5, 0.6) is 0 Å². The van der Waals surface area contributed by atoms with Crippen molar-refractivity contribution in [3.05, 3.63) is 24.0 Å². The number of amides is 1. The Hall–Kier alpha value is -1.78. The Morgan fingerprint density at radius 1 is 1.41 bits per heavy atom. The molecule has 1 aromatic heterocycles. The molecule has 1 rings (SSSR count). The molecule has 0 radical (unpaired) electrons. The summed E-state index contributed by atoms with van der Waals surface area (Å²) in [6, 6.07) is 3.55. The summed E-state index contributed by atoms with van der Waals surface area (Å²) in [5.41, 5.74) is 0.566. The van der Waals surface area contributed by atoms with Crippen molar-refractivity contribution >= 4 is 11.9 Å². The van der Waals surface area contributed by atoms with Gasteiger partial charge in [-0.25, -0.2) is 0 Å². The van der Waals surface area contributed by atoms with E-state index in [1.165, 1.54) is 0 Å². The molecular formula is C12H18N2O3. The van der Waals surface area contributed by atoms with Crippen LogP contribution in [-0.2, 0) is 16.1 Å². The van der Waals surface area contributed by atoms with E-state index < -0.39 is 5.97 Å². The first kappa shape index (κ1) is 13.3. The summed E-state index contributed by atoms with van der Waals surface area (Å²) in [5, 5.41) is 2.53. The molecule has 0 aliphatic heterocycles. The number of hydrogen-bond acceptors (Lipinski definition) is 3. The second-order valence-electron chi connectivity index (χ2n) is 3.57. The van der Waals surface area contributed by atoms with Crippen molar-refractivity contribution < 1.29 is 14.3 Å². The van der Waals surface area contributed by atoms with Gasteiger partial charge in [0.25, 0.3) is 5.91 Å². The zero-order chi connectivity index (χ0) is 12.7. The molecular weight excluding hydrogens is 220 g/mol. The minimum Gasteiger partial charge on any atom is -0.465 e. The van der Waals surface area contributed by atoms with E-state index in [1.54, 1.807) is 13.0 Å². The Morgan fingerprint density at radius 3 is 2.82 bits per heavy atom. The Balaban J connectivity index is 2.52. The van der Waals surface area contributed by atoms with Crippen LogP contribution in [0.4, 0.5) is 0 Å². The predicted molar refractivity (Wildman–Crippen MR) is 63.7 cm³/mol. The van der Waals surface area contributed by atoms with Gasteiger partial charge in [0.1, 0.15) is 12.2 Å². The number of rotatable bonds is 6. The van der Waals surface area contributed by atoms with E-state index >= 15 is 0 Å². The number of carbonyl (C=O) groups is 2. The van der Waals surface area contributed by atoms with Crippen molar-refractivity contribution in [2.45, 2.75) is 26.8 Å². The van der Waals surface area contributed by atoms with Crippen LogP contribution >= 0.6 is 0 Å². The Bertz CT molecular complexity index is 385. The molecule has 94 valence electrons. The van der Waals surface area contributed by atoms with Gasteiger partial charge in [-0.2, -0.15) is 0 Å². The quantitative estimate of drug-likeness (QED) is 0.757. The van der Waals surface area contributed by atoms with E-state index in [1.807, 2.05) is 23.8 Å². The fraction of sp³-hybridized carbons (Fsp3) is 0.500.